The van der Waals surface area contributed by atoms with Crippen molar-refractivity contribution in [2.45, 2.75) is 51.2 Å². The summed E-state index contributed by atoms with van der Waals surface area (Å²) in [5.41, 5.74) is 5.67. The predicted octanol–water partition coefficient (Wildman–Crippen LogP) is 1.61. The summed E-state index contributed by atoms with van der Waals surface area (Å²) in [4.78, 5) is 2.58. The molecule has 0 spiro atoms. The van der Waals surface area contributed by atoms with E-state index >= 15 is 0 Å². The lowest BCUT2D eigenvalue weighted by molar-refractivity contribution is 0.0536. The molecule has 0 aromatic carbocycles. The molecule has 2 atom stereocenters. The molecule has 0 aromatic rings. The van der Waals surface area contributed by atoms with E-state index < -0.39 is 0 Å². The summed E-state index contributed by atoms with van der Waals surface area (Å²) >= 11 is 0. The fourth-order valence-corrected chi connectivity index (χ4v) is 2.45. The Labute approximate surface area is 94.0 Å². The van der Waals surface area contributed by atoms with Crippen molar-refractivity contribution in [3.63, 3.8) is 0 Å². The van der Waals surface area contributed by atoms with Gasteiger partial charge in [0, 0.05) is 26.2 Å². The average molecular weight is 214 g/mol. The van der Waals surface area contributed by atoms with Gasteiger partial charge in [-0.2, -0.15) is 0 Å². The maximum absolute atomic E-state index is 5.67. The van der Waals surface area contributed by atoms with Gasteiger partial charge in [0.15, 0.2) is 0 Å². The van der Waals surface area contributed by atoms with Gasteiger partial charge in [-0.1, -0.05) is 19.8 Å². The van der Waals surface area contributed by atoms with Crippen LogP contribution in [0.4, 0.5) is 0 Å². The van der Waals surface area contributed by atoms with Crippen molar-refractivity contribution in [3.05, 3.63) is 0 Å². The van der Waals surface area contributed by atoms with Gasteiger partial charge in [0.05, 0.1) is 6.10 Å². The SMILES string of the molecule is CCC1CCCCCN1CC(CN)OC. The number of hydrogen-bond acceptors (Lipinski definition) is 3. The Morgan fingerprint density at radius 2 is 2.20 bits per heavy atom. The molecule has 1 aliphatic heterocycles. The molecule has 1 fully saturated rings. The zero-order chi connectivity index (χ0) is 11.1. The smallest absolute Gasteiger partial charge is 0.0820 e. The van der Waals surface area contributed by atoms with Crippen LogP contribution in [0.2, 0.25) is 0 Å². The number of likely N-dealkylation sites (tertiary alicyclic amines) is 1. The number of hydrogen-bond donors (Lipinski definition) is 1. The molecule has 0 radical (unpaired) electrons. The minimum Gasteiger partial charge on any atom is -0.379 e. The lowest BCUT2D eigenvalue weighted by Gasteiger charge is -2.31. The van der Waals surface area contributed by atoms with Crippen LogP contribution in [0.3, 0.4) is 0 Å². The minimum absolute atomic E-state index is 0.206. The first-order chi connectivity index (χ1) is 7.31. The van der Waals surface area contributed by atoms with E-state index in [1.807, 2.05) is 0 Å². The van der Waals surface area contributed by atoms with Crippen LogP contribution in [0.25, 0.3) is 0 Å². The van der Waals surface area contributed by atoms with Crippen LogP contribution in [0.15, 0.2) is 0 Å². The summed E-state index contributed by atoms with van der Waals surface area (Å²) in [7, 11) is 1.76. The second-order valence-corrected chi connectivity index (χ2v) is 4.50. The maximum Gasteiger partial charge on any atom is 0.0820 e. The van der Waals surface area contributed by atoms with E-state index in [0.717, 1.165) is 12.6 Å². The summed E-state index contributed by atoms with van der Waals surface area (Å²) in [5.74, 6) is 0. The molecule has 2 unspecified atom stereocenters. The normalized spacial score (nSPS) is 26.2. The van der Waals surface area contributed by atoms with Gasteiger partial charge in [0.1, 0.15) is 0 Å². The molecule has 0 aromatic heterocycles. The quantitative estimate of drug-likeness (QED) is 0.755. The molecule has 1 heterocycles. The van der Waals surface area contributed by atoms with E-state index in [4.69, 9.17) is 10.5 Å². The lowest BCUT2D eigenvalue weighted by atomic mass is 10.1. The van der Waals surface area contributed by atoms with Crippen LogP contribution in [0, 0.1) is 0 Å². The molecule has 0 amide bonds. The second-order valence-electron chi connectivity index (χ2n) is 4.50. The van der Waals surface area contributed by atoms with Crippen molar-refractivity contribution in [1.82, 2.24) is 4.90 Å². The number of ether oxygens (including phenoxy) is 1. The van der Waals surface area contributed by atoms with Crippen LogP contribution >= 0.6 is 0 Å². The second kappa shape index (κ2) is 7.20. The summed E-state index contributed by atoms with van der Waals surface area (Å²) in [6, 6.07) is 0.747. The third-order valence-electron chi connectivity index (χ3n) is 3.50. The largest absolute Gasteiger partial charge is 0.379 e. The molecular formula is C12H26N2O. The number of nitrogens with two attached hydrogens (primary N) is 1. The highest BCUT2D eigenvalue weighted by atomic mass is 16.5. The maximum atomic E-state index is 5.67. The predicted molar refractivity (Wildman–Crippen MR) is 64.0 cm³/mol. The number of nitrogens with zero attached hydrogens (tertiary/aromatic N) is 1. The summed E-state index contributed by atoms with van der Waals surface area (Å²) < 4.78 is 5.37. The van der Waals surface area contributed by atoms with Crippen LogP contribution in [0.1, 0.15) is 39.0 Å². The first kappa shape index (κ1) is 12.9. The van der Waals surface area contributed by atoms with Crippen molar-refractivity contribution < 1.29 is 4.74 Å². The van der Waals surface area contributed by atoms with Gasteiger partial charge in [0.25, 0.3) is 0 Å². The Kier molecular flexibility index (Phi) is 6.22. The third-order valence-corrected chi connectivity index (χ3v) is 3.50. The van der Waals surface area contributed by atoms with Gasteiger partial charge in [-0.3, -0.25) is 4.90 Å². The van der Waals surface area contributed by atoms with Crippen LogP contribution in [0.5, 0.6) is 0 Å². The molecule has 15 heavy (non-hydrogen) atoms. The van der Waals surface area contributed by atoms with Crippen molar-refractivity contribution in [1.29, 1.82) is 0 Å². The van der Waals surface area contributed by atoms with Crippen LogP contribution in [-0.4, -0.2) is 43.8 Å². The van der Waals surface area contributed by atoms with Crippen molar-refractivity contribution in [2.24, 2.45) is 5.73 Å². The third kappa shape index (κ3) is 4.09. The van der Waals surface area contributed by atoms with Gasteiger partial charge in [0.2, 0.25) is 0 Å². The number of rotatable bonds is 5. The highest BCUT2D eigenvalue weighted by Gasteiger charge is 2.21. The van der Waals surface area contributed by atoms with Crippen molar-refractivity contribution in [3.8, 4) is 0 Å². The van der Waals surface area contributed by atoms with Crippen molar-refractivity contribution in [2.75, 3.05) is 26.7 Å². The Bertz CT molecular complexity index is 160. The molecule has 1 rings (SSSR count). The molecule has 0 aliphatic carbocycles. The van der Waals surface area contributed by atoms with Crippen LogP contribution < -0.4 is 5.73 Å². The van der Waals surface area contributed by atoms with Gasteiger partial charge >= 0.3 is 0 Å². The molecule has 2 N–H and O–H groups in total. The van der Waals surface area contributed by atoms with E-state index in [-0.39, 0.29) is 6.10 Å². The van der Waals surface area contributed by atoms with Crippen LogP contribution in [-0.2, 0) is 4.74 Å². The average Bonchev–Trinajstić information content (AvgIpc) is 2.50. The Hall–Kier alpha value is -0.120. The van der Waals surface area contributed by atoms with Gasteiger partial charge in [-0.15, -0.1) is 0 Å². The van der Waals surface area contributed by atoms with E-state index in [1.54, 1.807) is 7.11 Å². The highest BCUT2D eigenvalue weighted by Crippen LogP contribution is 2.19. The Morgan fingerprint density at radius 3 is 2.80 bits per heavy atom. The van der Waals surface area contributed by atoms with Gasteiger partial charge in [-0.05, 0) is 25.8 Å². The molecular weight excluding hydrogens is 188 g/mol. The molecule has 0 bridgehead atoms. The van der Waals surface area contributed by atoms with E-state index in [2.05, 4.69) is 11.8 Å². The molecule has 1 aliphatic rings. The van der Waals surface area contributed by atoms with Gasteiger partial charge in [-0.25, -0.2) is 0 Å². The molecule has 1 saturated heterocycles. The molecule has 0 saturated carbocycles. The fraction of sp³-hybridized carbons (Fsp3) is 1.00. The fourth-order valence-electron chi connectivity index (χ4n) is 2.45. The zero-order valence-electron chi connectivity index (χ0n) is 10.2. The minimum atomic E-state index is 0.206. The van der Waals surface area contributed by atoms with Crippen molar-refractivity contribution >= 4 is 0 Å². The van der Waals surface area contributed by atoms with E-state index in [1.165, 1.54) is 38.6 Å². The molecule has 3 heteroatoms. The van der Waals surface area contributed by atoms with Gasteiger partial charge < -0.3 is 10.5 Å². The first-order valence-corrected chi connectivity index (χ1v) is 6.28. The standard InChI is InChI=1S/C12H26N2O/c1-3-11-7-5-4-6-8-14(11)10-12(9-13)15-2/h11-12H,3-10,13H2,1-2H3. The topological polar surface area (TPSA) is 38.5 Å². The summed E-state index contributed by atoms with van der Waals surface area (Å²) in [5, 5.41) is 0. The highest BCUT2D eigenvalue weighted by molar-refractivity contribution is 4.77. The lowest BCUT2D eigenvalue weighted by Crippen LogP contribution is -2.43. The zero-order valence-corrected chi connectivity index (χ0v) is 10.2. The monoisotopic (exact) mass is 214 g/mol. The first-order valence-electron chi connectivity index (χ1n) is 6.28. The molecule has 90 valence electrons. The molecule has 3 nitrogen and oxygen atoms in total. The Balaban J connectivity index is 2.46. The summed E-state index contributed by atoms with van der Waals surface area (Å²) in [6.07, 6.45) is 6.90. The Morgan fingerprint density at radius 1 is 1.40 bits per heavy atom. The summed E-state index contributed by atoms with van der Waals surface area (Å²) in [6.45, 7) is 5.14. The van der Waals surface area contributed by atoms with E-state index in [9.17, 15) is 0 Å². The van der Waals surface area contributed by atoms with E-state index in [0.29, 0.717) is 6.54 Å². The number of methoxy groups -OCH3 is 1.